The standard InChI is InChI=1S/C26H38N4O7/c1-15-11-16(2)13-17(12-15)22(23(33)28-14-21(32)36-6)30(18-7-8-18)24(34)19(9-10-20(27)31)29-25(35)37-26(3,4)5/h11-13,18-19,22H,7-10,14H2,1-6H3,(H2,27,31)(H,28,33)(H,29,35). The number of alkyl carbamates (subject to hydrolysis) is 1. The topological polar surface area (TPSA) is 157 Å². The first-order valence-electron chi connectivity index (χ1n) is 12.2. The van der Waals surface area contributed by atoms with Crippen molar-refractivity contribution in [2.45, 2.75) is 84.0 Å². The van der Waals surface area contributed by atoms with Crippen LogP contribution in [0.25, 0.3) is 0 Å². The number of ether oxygens (including phenoxy) is 2. The molecule has 0 radical (unpaired) electrons. The van der Waals surface area contributed by atoms with Crippen LogP contribution in [0, 0.1) is 13.8 Å². The van der Waals surface area contributed by atoms with E-state index >= 15 is 0 Å². The summed E-state index contributed by atoms with van der Waals surface area (Å²) in [6.45, 7) is 8.44. The molecule has 1 aliphatic carbocycles. The highest BCUT2D eigenvalue weighted by Crippen LogP contribution is 2.36. The van der Waals surface area contributed by atoms with Crippen molar-refractivity contribution < 1.29 is 33.4 Å². The van der Waals surface area contributed by atoms with Gasteiger partial charge in [0.25, 0.3) is 0 Å². The number of primary amides is 1. The molecule has 2 unspecified atom stereocenters. The molecule has 4 N–H and O–H groups in total. The minimum absolute atomic E-state index is 0.0695. The van der Waals surface area contributed by atoms with Crippen LogP contribution >= 0.6 is 0 Å². The van der Waals surface area contributed by atoms with Gasteiger partial charge in [0.05, 0.1) is 7.11 Å². The van der Waals surface area contributed by atoms with Gasteiger partial charge in [0.2, 0.25) is 17.7 Å². The second kappa shape index (κ2) is 12.6. The van der Waals surface area contributed by atoms with Crippen LogP contribution in [0.3, 0.4) is 0 Å². The summed E-state index contributed by atoms with van der Waals surface area (Å²) in [5.74, 6) is -2.39. The van der Waals surface area contributed by atoms with Gasteiger partial charge in [-0.05, 0) is 59.4 Å². The third kappa shape index (κ3) is 9.40. The summed E-state index contributed by atoms with van der Waals surface area (Å²) < 4.78 is 9.94. The summed E-state index contributed by atoms with van der Waals surface area (Å²) >= 11 is 0. The predicted octanol–water partition coefficient (Wildman–Crippen LogP) is 1.78. The van der Waals surface area contributed by atoms with Gasteiger partial charge in [0.15, 0.2) is 0 Å². The van der Waals surface area contributed by atoms with E-state index < -0.39 is 47.5 Å². The lowest BCUT2D eigenvalue weighted by molar-refractivity contribution is -0.145. The highest BCUT2D eigenvalue weighted by atomic mass is 16.6. The lowest BCUT2D eigenvalue weighted by Gasteiger charge is -2.35. The predicted molar refractivity (Wildman–Crippen MR) is 135 cm³/mol. The van der Waals surface area contributed by atoms with Crippen molar-refractivity contribution in [3.63, 3.8) is 0 Å². The SMILES string of the molecule is COC(=O)CNC(=O)C(c1cc(C)cc(C)c1)N(C(=O)C(CCC(N)=O)NC(=O)OC(C)(C)C)C1CC1. The molecule has 0 saturated heterocycles. The largest absolute Gasteiger partial charge is 0.468 e. The van der Waals surface area contributed by atoms with Crippen molar-refractivity contribution in [2.75, 3.05) is 13.7 Å². The molecule has 0 heterocycles. The molecular weight excluding hydrogens is 480 g/mol. The molecule has 11 heteroatoms. The Bertz CT molecular complexity index is 1010. The smallest absolute Gasteiger partial charge is 0.408 e. The quantitative estimate of drug-likeness (QED) is 0.377. The van der Waals surface area contributed by atoms with Gasteiger partial charge >= 0.3 is 12.1 Å². The number of carbonyl (C=O) groups excluding carboxylic acids is 5. The number of nitrogens with two attached hydrogens (primary N) is 1. The number of hydrogen-bond acceptors (Lipinski definition) is 7. The Kier molecular flexibility index (Phi) is 10.0. The Balaban J connectivity index is 2.48. The number of nitrogens with one attached hydrogen (secondary N) is 2. The number of nitrogens with zero attached hydrogens (tertiary/aromatic N) is 1. The van der Waals surface area contributed by atoms with Crippen LogP contribution in [0.1, 0.15) is 69.2 Å². The molecule has 0 aliphatic heterocycles. The van der Waals surface area contributed by atoms with Gasteiger partial charge in [0, 0.05) is 12.5 Å². The van der Waals surface area contributed by atoms with E-state index in [-0.39, 0.29) is 25.4 Å². The van der Waals surface area contributed by atoms with Gasteiger partial charge in [-0.3, -0.25) is 19.2 Å². The van der Waals surface area contributed by atoms with Crippen LogP contribution in [0.4, 0.5) is 4.79 Å². The van der Waals surface area contributed by atoms with E-state index in [1.807, 2.05) is 19.9 Å². The van der Waals surface area contributed by atoms with Crippen molar-refractivity contribution >= 4 is 29.8 Å². The first-order valence-corrected chi connectivity index (χ1v) is 12.2. The van der Waals surface area contributed by atoms with Crippen LogP contribution in [0.5, 0.6) is 0 Å². The third-order valence-corrected chi connectivity index (χ3v) is 5.58. The van der Waals surface area contributed by atoms with Crippen molar-refractivity contribution in [1.82, 2.24) is 15.5 Å². The molecule has 0 spiro atoms. The summed E-state index contributed by atoms with van der Waals surface area (Å²) in [7, 11) is 1.21. The molecule has 1 aliphatic rings. The number of aryl methyl sites for hydroxylation is 2. The van der Waals surface area contributed by atoms with Gasteiger partial charge in [-0.1, -0.05) is 29.3 Å². The minimum atomic E-state index is -1.16. The van der Waals surface area contributed by atoms with Crippen molar-refractivity contribution in [2.24, 2.45) is 5.73 Å². The summed E-state index contributed by atoms with van der Waals surface area (Å²) in [5.41, 5.74) is 6.85. The Morgan fingerprint density at radius 2 is 1.68 bits per heavy atom. The summed E-state index contributed by atoms with van der Waals surface area (Å²) in [6.07, 6.45) is 0.260. The first kappa shape index (κ1) is 29.6. The van der Waals surface area contributed by atoms with Gasteiger partial charge in [-0.15, -0.1) is 0 Å². The molecule has 1 fully saturated rings. The molecule has 204 valence electrons. The number of carbonyl (C=O) groups is 5. The zero-order chi connectivity index (χ0) is 27.9. The van der Waals surface area contributed by atoms with E-state index in [4.69, 9.17) is 10.5 Å². The molecule has 2 rings (SSSR count). The van der Waals surface area contributed by atoms with Crippen LogP contribution in [-0.2, 0) is 28.7 Å². The monoisotopic (exact) mass is 518 g/mol. The maximum atomic E-state index is 14.0. The lowest BCUT2D eigenvalue weighted by atomic mass is 9.97. The fourth-order valence-electron chi connectivity index (χ4n) is 3.98. The molecule has 1 aromatic rings. The van der Waals surface area contributed by atoms with E-state index in [1.54, 1.807) is 32.9 Å². The average Bonchev–Trinajstić information content (AvgIpc) is 3.60. The number of benzene rings is 1. The molecule has 37 heavy (non-hydrogen) atoms. The second-order valence-electron chi connectivity index (χ2n) is 10.3. The maximum absolute atomic E-state index is 14.0. The Morgan fingerprint density at radius 3 is 2.16 bits per heavy atom. The van der Waals surface area contributed by atoms with E-state index in [1.165, 1.54) is 12.0 Å². The van der Waals surface area contributed by atoms with Gasteiger partial charge in [0.1, 0.15) is 24.2 Å². The Hall–Kier alpha value is -3.63. The van der Waals surface area contributed by atoms with E-state index in [2.05, 4.69) is 15.4 Å². The molecule has 0 bridgehead atoms. The summed E-state index contributed by atoms with van der Waals surface area (Å²) in [6, 6.07) is 3.04. The van der Waals surface area contributed by atoms with E-state index in [0.717, 1.165) is 11.1 Å². The molecule has 0 aromatic heterocycles. The van der Waals surface area contributed by atoms with Crippen molar-refractivity contribution in [3.05, 3.63) is 34.9 Å². The van der Waals surface area contributed by atoms with Crippen LogP contribution in [0.15, 0.2) is 18.2 Å². The fourth-order valence-corrected chi connectivity index (χ4v) is 3.98. The number of esters is 1. The lowest BCUT2D eigenvalue weighted by Crippen LogP contribution is -2.54. The molecule has 1 aromatic carbocycles. The number of hydrogen-bond donors (Lipinski definition) is 3. The van der Waals surface area contributed by atoms with E-state index in [0.29, 0.717) is 18.4 Å². The highest BCUT2D eigenvalue weighted by Gasteiger charge is 2.44. The summed E-state index contributed by atoms with van der Waals surface area (Å²) in [4.78, 5) is 64.6. The Labute approximate surface area is 217 Å². The number of rotatable bonds is 11. The highest BCUT2D eigenvalue weighted by molar-refractivity contribution is 5.94. The fraction of sp³-hybridized carbons (Fsp3) is 0.577. The molecular formula is C26H38N4O7. The van der Waals surface area contributed by atoms with Crippen molar-refractivity contribution in [1.29, 1.82) is 0 Å². The van der Waals surface area contributed by atoms with Crippen LogP contribution in [0.2, 0.25) is 0 Å². The minimum Gasteiger partial charge on any atom is -0.468 e. The first-order chi connectivity index (χ1) is 17.2. The molecule has 2 atom stereocenters. The van der Waals surface area contributed by atoms with Crippen molar-refractivity contribution in [3.8, 4) is 0 Å². The van der Waals surface area contributed by atoms with Crippen LogP contribution in [-0.4, -0.2) is 66.0 Å². The number of amides is 4. The average molecular weight is 519 g/mol. The number of methoxy groups -OCH3 is 1. The normalized spacial score (nSPS) is 14.6. The zero-order valence-electron chi connectivity index (χ0n) is 22.4. The third-order valence-electron chi connectivity index (χ3n) is 5.58. The van der Waals surface area contributed by atoms with E-state index in [9.17, 15) is 24.0 Å². The van der Waals surface area contributed by atoms with Gasteiger partial charge in [-0.2, -0.15) is 0 Å². The molecule has 1 saturated carbocycles. The maximum Gasteiger partial charge on any atom is 0.408 e. The summed E-state index contributed by atoms with van der Waals surface area (Å²) in [5, 5.41) is 5.11. The molecule has 11 nitrogen and oxygen atoms in total. The van der Waals surface area contributed by atoms with Gasteiger partial charge < -0.3 is 30.7 Å². The zero-order valence-corrected chi connectivity index (χ0v) is 22.4. The second-order valence-corrected chi connectivity index (χ2v) is 10.3. The Morgan fingerprint density at radius 1 is 1.08 bits per heavy atom. The van der Waals surface area contributed by atoms with Gasteiger partial charge in [-0.25, -0.2) is 4.79 Å². The van der Waals surface area contributed by atoms with Crippen LogP contribution < -0.4 is 16.4 Å². The molecule has 4 amide bonds.